The molecular formula is C24H22O2. The minimum Gasteiger partial charge on any atom is -0.489 e. The average Bonchev–Trinajstić information content (AvgIpc) is 2.68. The summed E-state index contributed by atoms with van der Waals surface area (Å²) in [5.41, 5.74) is 5.08. The van der Waals surface area contributed by atoms with Gasteiger partial charge in [-0.15, -0.1) is 0 Å². The summed E-state index contributed by atoms with van der Waals surface area (Å²) in [5, 5.41) is 0. The monoisotopic (exact) mass is 342 g/mol. The van der Waals surface area contributed by atoms with Gasteiger partial charge in [0.15, 0.2) is 5.78 Å². The smallest absolute Gasteiger partial charge is 0.185 e. The minimum atomic E-state index is 0.00343. The second kappa shape index (κ2) is 8.30. The Bertz CT molecular complexity index is 924. The Morgan fingerprint density at radius 2 is 1.69 bits per heavy atom. The molecule has 3 aromatic carbocycles. The third-order valence-corrected chi connectivity index (χ3v) is 4.33. The molecule has 0 radical (unpaired) electrons. The van der Waals surface area contributed by atoms with Crippen LogP contribution in [0.5, 0.6) is 5.75 Å². The predicted octanol–water partition coefficient (Wildman–Crippen LogP) is 5.78. The summed E-state index contributed by atoms with van der Waals surface area (Å²) in [5.74, 6) is 0.790. The van der Waals surface area contributed by atoms with Crippen molar-refractivity contribution in [1.29, 1.82) is 0 Å². The van der Waals surface area contributed by atoms with Crippen LogP contribution in [0.2, 0.25) is 0 Å². The number of allylic oxidation sites excluding steroid dienone is 1. The number of rotatable bonds is 6. The van der Waals surface area contributed by atoms with Crippen molar-refractivity contribution in [3.05, 3.63) is 107 Å². The molecule has 0 atom stereocenters. The maximum Gasteiger partial charge on any atom is 0.185 e. The SMILES string of the molecule is Cc1ccc(C(=O)/C=C/c2cccc(OCc3ccccc3)c2)cc1C. The first kappa shape index (κ1) is 17.7. The Kier molecular flexibility index (Phi) is 5.65. The first-order chi connectivity index (χ1) is 12.6. The lowest BCUT2D eigenvalue weighted by Crippen LogP contribution is -1.96. The van der Waals surface area contributed by atoms with E-state index in [1.807, 2.05) is 92.7 Å². The molecule has 130 valence electrons. The van der Waals surface area contributed by atoms with Crippen LogP contribution in [0.25, 0.3) is 6.08 Å². The largest absolute Gasteiger partial charge is 0.489 e. The Balaban J connectivity index is 1.66. The van der Waals surface area contributed by atoms with Crippen molar-refractivity contribution < 1.29 is 9.53 Å². The van der Waals surface area contributed by atoms with E-state index in [2.05, 4.69) is 0 Å². The number of carbonyl (C=O) groups excluding carboxylic acids is 1. The van der Waals surface area contributed by atoms with Crippen LogP contribution in [0.15, 0.2) is 78.9 Å². The van der Waals surface area contributed by atoms with Crippen LogP contribution >= 0.6 is 0 Å². The van der Waals surface area contributed by atoms with Gasteiger partial charge < -0.3 is 4.74 Å². The maximum atomic E-state index is 12.4. The third kappa shape index (κ3) is 4.70. The summed E-state index contributed by atoms with van der Waals surface area (Å²) >= 11 is 0. The average molecular weight is 342 g/mol. The van der Waals surface area contributed by atoms with Crippen LogP contribution in [-0.4, -0.2) is 5.78 Å². The van der Waals surface area contributed by atoms with Crippen LogP contribution in [-0.2, 0) is 6.61 Å². The van der Waals surface area contributed by atoms with Gasteiger partial charge in [0.25, 0.3) is 0 Å². The molecule has 2 heteroatoms. The van der Waals surface area contributed by atoms with Gasteiger partial charge in [0.05, 0.1) is 0 Å². The van der Waals surface area contributed by atoms with Crippen LogP contribution in [0, 0.1) is 13.8 Å². The zero-order valence-corrected chi connectivity index (χ0v) is 15.1. The van der Waals surface area contributed by atoms with Gasteiger partial charge in [0.1, 0.15) is 12.4 Å². The van der Waals surface area contributed by atoms with Crippen LogP contribution in [0.3, 0.4) is 0 Å². The van der Waals surface area contributed by atoms with Crippen LogP contribution in [0.4, 0.5) is 0 Å². The van der Waals surface area contributed by atoms with E-state index in [-0.39, 0.29) is 5.78 Å². The van der Waals surface area contributed by atoms with E-state index in [4.69, 9.17) is 4.74 Å². The molecule has 3 aromatic rings. The Morgan fingerprint density at radius 3 is 2.46 bits per heavy atom. The number of ketones is 1. The van der Waals surface area contributed by atoms with Crippen molar-refractivity contribution in [3.8, 4) is 5.75 Å². The van der Waals surface area contributed by atoms with Gasteiger partial charge in [-0.1, -0.05) is 60.7 Å². The van der Waals surface area contributed by atoms with Gasteiger partial charge in [-0.3, -0.25) is 4.79 Å². The first-order valence-corrected chi connectivity index (χ1v) is 8.68. The molecule has 0 unspecified atom stereocenters. The summed E-state index contributed by atoms with van der Waals surface area (Å²) < 4.78 is 5.83. The molecule has 0 bridgehead atoms. The van der Waals surface area contributed by atoms with Crippen LogP contribution < -0.4 is 4.74 Å². The highest BCUT2D eigenvalue weighted by molar-refractivity contribution is 6.06. The highest BCUT2D eigenvalue weighted by Crippen LogP contribution is 2.17. The molecule has 2 nitrogen and oxygen atoms in total. The van der Waals surface area contributed by atoms with E-state index in [1.54, 1.807) is 6.08 Å². The molecule has 0 aliphatic carbocycles. The van der Waals surface area contributed by atoms with Crippen molar-refractivity contribution >= 4 is 11.9 Å². The standard InChI is InChI=1S/C24H22O2/c1-18-11-13-22(15-19(18)2)24(25)14-12-20-9-6-10-23(16-20)26-17-21-7-4-3-5-8-21/h3-16H,17H2,1-2H3/b14-12+. The van der Waals surface area contributed by atoms with E-state index in [9.17, 15) is 4.79 Å². The molecular weight excluding hydrogens is 320 g/mol. The number of hydrogen-bond acceptors (Lipinski definition) is 2. The molecule has 0 saturated carbocycles. The highest BCUT2D eigenvalue weighted by atomic mass is 16.5. The molecule has 26 heavy (non-hydrogen) atoms. The summed E-state index contributed by atoms with van der Waals surface area (Å²) in [6.45, 7) is 4.58. The molecule has 0 aromatic heterocycles. The van der Waals surface area contributed by atoms with E-state index < -0.39 is 0 Å². The summed E-state index contributed by atoms with van der Waals surface area (Å²) in [6, 6.07) is 23.6. The number of ether oxygens (including phenoxy) is 1. The molecule has 0 N–H and O–H groups in total. The second-order valence-corrected chi connectivity index (χ2v) is 6.34. The molecule has 0 aliphatic rings. The Morgan fingerprint density at radius 1 is 0.885 bits per heavy atom. The van der Waals surface area contributed by atoms with Gasteiger partial charge in [-0.2, -0.15) is 0 Å². The third-order valence-electron chi connectivity index (χ3n) is 4.33. The molecule has 0 amide bonds. The van der Waals surface area contributed by atoms with Gasteiger partial charge in [-0.05, 0) is 60.4 Å². The van der Waals surface area contributed by atoms with Crippen molar-refractivity contribution in [2.75, 3.05) is 0 Å². The Labute approximate surface area is 154 Å². The van der Waals surface area contributed by atoms with Gasteiger partial charge in [0.2, 0.25) is 0 Å². The molecule has 0 heterocycles. The fourth-order valence-electron chi connectivity index (χ4n) is 2.61. The summed E-state index contributed by atoms with van der Waals surface area (Å²) in [7, 11) is 0. The molecule has 0 spiro atoms. The number of hydrogen-bond donors (Lipinski definition) is 0. The zero-order valence-electron chi connectivity index (χ0n) is 15.1. The maximum absolute atomic E-state index is 12.4. The minimum absolute atomic E-state index is 0.00343. The molecule has 0 fully saturated rings. The Hall–Kier alpha value is -3.13. The fraction of sp³-hybridized carbons (Fsp3) is 0.125. The fourth-order valence-corrected chi connectivity index (χ4v) is 2.61. The summed E-state index contributed by atoms with van der Waals surface area (Å²) in [4.78, 5) is 12.4. The van der Waals surface area contributed by atoms with E-state index >= 15 is 0 Å². The van der Waals surface area contributed by atoms with E-state index in [1.165, 1.54) is 5.56 Å². The molecule has 3 rings (SSSR count). The lowest BCUT2D eigenvalue weighted by Gasteiger charge is -2.07. The predicted molar refractivity (Wildman–Crippen MR) is 106 cm³/mol. The lowest BCUT2D eigenvalue weighted by molar-refractivity contribution is 0.104. The molecule has 0 aliphatic heterocycles. The van der Waals surface area contributed by atoms with Gasteiger partial charge in [0, 0.05) is 5.56 Å². The van der Waals surface area contributed by atoms with Gasteiger partial charge >= 0.3 is 0 Å². The zero-order chi connectivity index (χ0) is 18.4. The summed E-state index contributed by atoms with van der Waals surface area (Å²) in [6.07, 6.45) is 3.44. The van der Waals surface area contributed by atoms with E-state index in [0.29, 0.717) is 12.2 Å². The quantitative estimate of drug-likeness (QED) is 0.419. The van der Waals surface area contributed by atoms with E-state index in [0.717, 1.165) is 22.4 Å². The number of aryl methyl sites for hydroxylation is 2. The molecule has 0 saturated heterocycles. The highest BCUT2D eigenvalue weighted by Gasteiger charge is 2.03. The van der Waals surface area contributed by atoms with Crippen LogP contribution in [0.1, 0.15) is 32.6 Å². The van der Waals surface area contributed by atoms with Gasteiger partial charge in [-0.25, -0.2) is 0 Å². The number of carbonyl (C=O) groups is 1. The van der Waals surface area contributed by atoms with Crippen molar-refractivity contribution in [2.24, 2.45) is 0 Å². The lowest BCUT2D eigenvalue weighted by atomic mass is 10.0. The number of benzene rings is 3. The first-order valence-electron chi connectivity index (χ1n) is 8.68. The topological polar surface area (TPSA) is 26.3 Å². The second-order valence-electron chi connectivity index (χ2n) is 6.34. The van der Waals surface area contributed by atoms with Crippen molar-refractivity contribution in [3.63, 3.8) is 0 Å². The normalized spacial score (nSPS) is 10.8. The van der Waals surface area contributed by atoms with Crippen molar-refractivity contribution in [2.45, 2.75) is 20.5 Å². The van der Waals surface area contributed by atoms with Crippen molar-refractivity contribution in [1.82, 2.24) is 0 Å².